The Morgan fingerprint density at radius 1 is 1.15 bits per heavy atom. The highest BCUT2D eigenvalue weighted by atomic mass is 19.4. The van der Waals surface area contributed by atoms with Crippen molar-refractivity contribution < 1.29 is 27.4 Å². The smallest absolute Gasteiger partial charge is 0.445 e. The van der Waals surface area contributed by atoms with Crippen molar-refractivity contribution in [2.75, 3.05) is 12.3 Å². The maximum atomic E-state index is 12.2. The molecule has 142 valence electrons. The fourth-order valence-electron chi connectivity index (χ4n) is 2.00. The Morgan fingerprint density at radius 3 is 2.59 bits per heavy atom. The lowest BCUT2D eigenvalue weighted by molar-refractivity contribution is -0.274. The predicted molar refractivity (Wildman–Crippen MR) is 93.7 cm³/mol. The Hall–Kier alpha value is -3.34. The van der Waals surface area contributed by atoms with Crippen molar-refractivity contribution in [2.45, 2.75) is 19.4 Å². The molecule has 0 aliphatic rings. The molecule has 0 aromatic heterocycles. The third kappa shape index (κ3) is 7.61. The summed E-state index contributed by atoms with van der Waals surface area (Å²) >= 11 is 0. The molecule has 0 radical (unpaired) electrons. The van der Waals surface area contributed by atoms with Gasteiger partial charge in [-0.2, -0.15) is 0 Å². The highest BCUT2D eigenvalue weighted by Gasteiger charge is 2.31. The molecule has 2 aromatic carbocycles. The first-order valence-electron chi connectivity index (χ1n) is 7.92. The molecule has 0 unspecified atom stereocenters. The summed E-state index contributed by atoms with van der Waals surface area (Å²) in [6.07, 6.45) is -5.10. The largest absolute Gasteiger partial charge is 0.573 e. The van der Waals surface area contributed by atoms with E-state index in [4.69, 9.17) is 10.5 Å². The van der Waals surface area contributed by atoms with Crippen LogP contribution in [0.4, 0.5) is 23.7 Å². The van der Waals surface area contributed by atoms with Gasteiger partial charge in [0.15, 0.2) is 0 Å². The van der Waals surface area contributed by atoms with Gasteiger partial charge in [0.25, 0.3) is 0 Å². The van der Waals surface area contributed by atoms with Crippen LogP contribution >= 0.6 is 0 Å². The summed E-state index contributed by atoms with van der Waals surface area (Å²) in [5, 5.41) is 2.53. The summed E-state index contributed by atoms with van der Waals surface area (Å²) in [4.78, 5) is 11.6. The van der Waals surface area contributed by atoms with Gasteiger partial charge in [-0.1, -0.05) is 42.2 Å². The number of benzene rings is 2. The number of nitrogen functional groups attached to an aromatic ring is 1. The molecule has 0 aliphatic heterocycles. The van der Waals surface area contributed by atoms with Crippen LogP contribution in [0.1, 0.15) is 17.5 Å². The van der Waals surface area contributed by atoms with E-state index < -0.39 is 18.2 Å². The molecule has 5 nitrogen and oxygen atoms in total. The first-order chi connectivity index (χ1) is 12.8. The number of carbonyl (C=O) groups excluding carboxylic acids is 1. The highest BCUT2D eigenvalue weighted by molar-refractivity contribution is 5.67. The highest BCUT2D eigenvalue weighted by Crippen LogP contribution is 2.25. The van der Waals surface area contributed by atoms with Crippen LogP contribution in [0.3, 0.4) is 0 Å². The molecule has 2 aromatic rings. The number of nitrogens with two attached hydrogens (primary N) is 1. The maximum Gasteiger partial charge on any atom is 0.573 e. The monoisotopic (exact) mass is 378 g/mol. The standard InChI is InChI=1S/C19H17F3N2O3/c20-19(21,22)27-16-9-10-17(23)15(12-16)8-4-5-11-24-18(25)26-13-14-6-2-1-3-7-14/h1-3,6-7,9-10,12H,5,11,13,23H2,(H,24,25). The number of halogens is 3. The van der Waals surface area contributed by atoms with E-state index in [1.54, 1.807) is 0 Å². The number of nitrogens with one attached hydrogen (secondary N) is 1. The topological polar surface area (TPSA) is 73.6 Å². The summed E-state index contributed by atoms with van der Waals surface area (Å²) in [5.41, 5.74) is 6.99. The van der Waals surface area contributed by atoms with Gasteiger partial charge in [-0.3, -0.25) is 0 Å². The number of hydrogen-bond acceptors (Lipinski definition) is 4. The average molecular weight is 378 g/mol. The zero-order valence-corrected chi connectivity index (χ0v) is 14.2. The second kappa shape index (κ2) is 9.38. The van der Waals surface area contributed by atoms with E-state index in [1.165, 1.54) is 6.07 Å². The van der Waals surface area contributed by atoms with Crippen molar-refractivity contribution in [1.29, 1.82) is 0 Å². The summed E-state index contributed by atoms with van der Waals surface area (Å²) in [7, 11) is 0. The zero-order valence-electron chi connectivity index (χ0n) is 14.2. The van der Waals surface area contributed by atoms with Gasteiger partial charge in [0.05, 0.1) is 5.56 Å². The van der Waals surface area contributed by atoms with Crippen LogP contribution in [0.15, 0.2) is 48.5 Å². The predicted octanol–water partition coefficient (Wildman–Crippen LogP) is 3.84. The van der Waals surface area contributed by atoms with Gasteiger partial charge in [0.1, 0.15) is 12.4 Å². The molecule has 0 saturated heterocycles. The number of carbonyl (C=O) groups is 1. The van der Waals surface area contributed by atoms with Gasteiger partial charge < -0.3 is 20.5 Å². The SMILES string of the molecule is Nc1ccc(OC(F)(F)F)cc1C#CCCNC(=O)OCc1ccccc1. The molecule has 0 aliphatic carbocycles. The third-order valence-electron chi connectivity index (χ3n) is 3.21. The van der Waals surface area contributed by atoms with E-state index in [0.717, 1.165) is 17.7 Å². The van der Waals surface area contributed by atoms with E-state index in [-0.39, 0.29) is 30.8 Å². The molecule has 0 fully saturated rings. The summed E-state index contributed by atoms with van der Waals surface area (Å²) in [6.45, 7) is 0.375. The molecule has 3 N–H and O–H groups in total. The van der Waals surface area contributed by atoms with E-state index in [0.29, 0.717) is 0 Å². The van der Waals surface area contributed by atoms with Gasteiger partial charge in [-0.05, 0) is 23.8 Å². The number of amides is 1. The van der Waals surface area contributed by atoms with Crippen molar-refractivity contribution in [3.63, 3.8) is 0 Å². The van der Waals surface area contributed by atoms with Gasteiger partial charge in [0.2, 0.25) is 0 Å². The first-order valence-corrected chi connectivity index (χ1v) is 7.92. The third-order valence-corrected chi connectivity index (χ3v) is 3.21. The Bertz CT molecular complexity index is 828. The van der Waals surface area contributed by atoms with E-state index >= 15 is 0 Å². The number of alkyl halides is 3. The Balaban J connectivity index is 1.78. The van der Waals surface area contributed by atoms with Gasteiger partial charge in [0, 0.05) is 18.7 Å². The molecule has 2 rings (SSSR count). The molecule has 0 spiro atoms. The van der Waals surface area contributed by atoms with Crippen molar-refractivity contribution >= 4 is 11.8 Å². The van der Waals surface area contributed by atoms with Crippen LogP contribution in [0, 0.1) is 11.8 Å². The minimum Gasteiger partial charge on any atom is -0.445 e. The second-order valence-corrected chi connectivity index (χ2v) is 5.34. The van der Waals surface area contributed by atoms with Crippen LogP contribution in [0.2, 0.25) is 0 Å². The number of ether oxygens (including phenoxy) is 2. The molecule has 27 heavy (non-hydrogen) atoms. The Morgan fingerprint density at radius 2 is 1.89 bits per heavy atom. The summed E-state index contributed by atoms with van der Waals surface area (Å²) < 4.78 is 45.5. The fourth-order valence-corrected chi connectivity index (χ4v) is 2.00. The molecule has 8 heteroatoms. The van der Waals surface area contributed by atoms with E-state index in [2.05, 4.69) is 21.9 Å². The van der Waals surface area contributed by atoms with E-state index in [1.807, 2.05) is 30.3 Å². The molecule has 0 heterocycles. The Kier molecular flexibility index (Phi) is 6.94. The van der Waals surface area contributed by atoms with Crippen LogP contribution in [-0.2, 0) is 11.3 Å². The zero-order chi connectivity index (χ0) is 19.7. The number of hydrogen-bond donors (Lipinski definition) is 2. The number of rotatable bonds is 5. The first kappa shape index (κ1) is 20.0. The van der Waals surface area contributed by atoms with Gasteiger partial charge in [-0.25, -0.2) is 4.79 Å². The van der Waals surface area contributed by atoms with Gasteiger partial charge in [-0.15, -0.1) is 13.2 Å². The summed E-state index contributed by atoms with van der Waals surface area (Å²) in [6, 6.07) is 12.7. The molecule has 0 saturated carbocycles. The minimum atomic E-state index is -4.79. The average Bonchev–Trinajstić information content (AvgIpc) is 2.62. The van der Waals surface area contributed by atoms with Crippen molar-refractivity contribution in [2.24, 2.45) is 0 Å². The molecular formula is C19H17F3N2O3. The molecule has 1 amide bonds. The van der Waals surface area contributed by atoms with Crippen LogP contribution < -0.4 is 15.8 Å². The maximum absolute atomic E-state index is 12.2. The quantitative estimate of drug-likeness (QED) is 0.471. The number of anilines is 1. The van der Waals surface area contributed by atoms with E-state index in [9.17, 15) is 18.0 Å². The van der Waals surface area contributed by atoms with Crippen molar-refractivity contribution in [3.05, 3.63) is 59.7 Å². The lowest BCUT2D eigenvalue weighted by Crippen LogP contribution is -2.24. The lowest BCUT2D eigenvalue weighted by Gasteiger charge is -2.09. The van der Waals surface area contributed by atoms with Crippen LogP contribution in [0.5, 0.6) is 5.75 Å². The normalized spacial score (nSPS) is 10.5. The van der Waals surface area contributed by atoms with Crippen LogP contribution in [0.25, 0.3) is 0 Å². The lowest BCUT2D eigenvalue weighted by atomic mass is 10.1. The second-order valence-electron chi connectivity index (χ2n) is 5.34. The minimum absolute atomic E-state index is 0.154. The van der Waals surface area contributed by atoms with Crippen molar-refractivity contribution in [3.8, 4) is 17.6 Å². The van der Waals surface area contributed by atoms with Crippen LogP contribution in [-0.4, -0.2) is 19.0 Å². The fraction of sp³-hybridized carbons (Fsp3) is 0.211. The van der Waals surface area contributed by atoms with Crippen molar-refractivity contribution in [1.82, 2.24) is 5.32 Å². The Labute approximate surface area is 154 Å². The summed E-state index contributed by atoms with van der Waals surface area (Å²) in [5.74, 6) is 4.98. The molecule has 0 atom stereocenters. The van der Waals surface area contributed by atoms with Gasteiger partial charge >= 0.3 is 12.5 Å². The number of alkyl carbamates (subject to hydrolysis) is 1. The molecule has 0 bridgehead atoms. The molecular weight excluding hydrogens is 361 g/mol.